The maximum atomic E-state index is 13.1. The number of hydrogen-bond donors (Lipinski definition) is 1. The Morgan fingerprint density at radius 3 is 3.04 bits per heavy atom. The van der Waals surface area contributed by atoms with Gasteiger partial charge in [-0.25, -0.2) is 14.6 Å². The number of thiophene rings is 1. The summed E-state index contributed by atoms with van der Waals surface area (Å²) in [6.07, 6.45) is 5.69. The average Bonchev–Trinajstić information content (AvgIpc) is 3.32. The van der Waals surface area contributed by atoms with Crippen LogP contribution in [0.2, 0.25) is 0 Å². The highest BCUT2D eigenvalue weighted by molar-refractivity contribution is 7.18. The first-order valence-electron chi connectivity index (χ1n) is 8.44. The first-order chi connectivity index (χ1) is 12.8. The fourth-order valence-electron chi connectivity index (χ4n) is 3.45. The van der Waals surface area contributed by atoms with Crippen molar-refractivity contribution in [3.63, 3.8) is 0 Å². The zero-order valence-corrected chi connectivity index (χ0v) is 14.7. The fourth-order valence-corrected chi connectivity index (χ4v) is 4.59. The Hall–Kier alpha value is -2.84. The Morgan fingerprint density at radius 2 is 2.15 bits per heavy atom. The van der Waals surface area contributed by atoms with Gasteiger partial charge in [-0.3, -0.25) is 9.36 Å². The quantitative estimate of drug-likeness (QED) is 0.599. The molecule has 0 radical (unpaired) electrons. The third kappa shape index (κ3) is 2.46. The molecule has 5 rings (SSSR count). The second-order valence-corrected chi connectivity index (χ2v) is 7.34. The van der Waals surface area contributed by atoms with Crippen molar-refractivity contribution in [3.05, 3.63) is 69.6 Å². The minimum absolute atomic E-state index is 0.0304. The number of nitrogens with zero attached hydrogens (tertiary/aromatic N) is 5. The summed E-state index contributed by atoms with van der Waals surface area (Å²) in [7, 11) is 0. The molecule has 0 saturated carbocycles. The molecule has 0 unspecified atom stereocenters. The van der Waals surface area contributed by atoms with Gasteiger partial charge >= 0.3 is 0 Å². The highest BCUT2D eigenvalue weighted by Crippen LogP contribution is 2.29. The lowest BCUT2D eigenvalue weighted by Gasteiger charge is -2.13. The van der Waals surface area contributed by atoms with E-state index in [0.717, 1.165) is 41.0 Å². The van der Waals surface area contributed by atoms with E-state index >= 15 is 0 Å². The lowest BCUT2D eigenvalue weighted by Crippen LogP contribution is -2.25. The van der Waals surface area contributed by atoms with E-state index in [-0.39, 0.29) is 5.56 Å². The largest absolute Gasteiger partial charge is 0.312 e. The number of aromatic nitrogens is 5. The second-order valence-electron chi connectivity index (χ2n) is 6.26. The van der Waals surface area contributed by atoms with Crippen molar-refractivity contribution < 1.29 is 0 Å². The Kier molecular flexibility index (Phi) is 3.65. The molecule has 8 heteroatoms. The van der Waals surface area contributed by atoms with Gasteiger partial charge in [0.05, 0.1) is 23.9 Å². The van der Waals surface area contributed by atoms with Crippen LogP contribution >= 0.6 is 11.3 Å². The van der Waals surface area contributed by atoms with Crippen LogP contribution in [0.25, 0.3) is 15.9 Å². The Labute approximate surface area is 153 Å². The smallest absolute Gasteiger partial charge is 0.262 e. The number of fused-ring (bicyclic) bond motifs is 3. The summed E-state index contributed by atoms with van der Waals surface area (Å²) in [5.74, 6) is 0. The van der Waals surface area contributed by atoms with Crippen molar-refractivity contribution in [2.75, 3.05) is 6.54 Å². The van der Waals surface area contributed by atoms with E-state index in [0.29, 0.717) is 6.54 Å². The van der Waals surface area contributed by atoms with Gasteiger partial charge in [0.25, 0.3) is 5.56 Å². The molecular weight excluding hydrogens is 348 g/mol. The van der Waals surface area contributed by atoms with Crippen LogP contribution < -0.4 is 10.9 Å². The molecule has 1 aliphatic rings. The van der Waals surface area contributed by atoms with Crippen LogP contribution in [-0.4, -0.2) is 30.9 Å². The van der Waals surface area contributed by atoms with Crippen molar-refractivity contribution in [2.24, 2.45) is 0 Å². The molecule has 0 saturated heterocycles. The third-order valence-corrected chi connectivity index (χ3v) is 5.84. The number of benzene rings is 1. The molecule has 0 atom stereocenters. The number of rotatable bonds is 3. The lowest BCUT2D eigenvalue weighted by molar-refractivity contribution is 0.656. The standard InChI is InChI=1S/C18H16N6OS/c25-18-16-13-5-6-19-7-15(13)26-17(16)21-11-23(18)8-12-3-1-2-4-14(12)24-10-20-9-22-24/h1-4,9-11,19H,5-8H2. The Balaban J connectivity index is 1.61. The average molecular weight is 364 g/mol. The van der Waals surface area contributed by atoms with Gasteiger partial charge in [-0.2, -0.15) is 5.10 Å². The van der Waals surface area contributed by atoms with E-state index in [4.69, 9.17) is 0 Å². The molecule has 1 aliphatic heterocycles. The number of para-hydroxylation sites is 1. The molecule has 3 aromatic heterocycles. The van der Waals surface area contributed by atoms with Gasteiger partial charge in [0, 0.05) is 11.4 Å². The van der Waals surface area contributed by atoms with Gasteiger partial charge in [-0.15, -0.1) is 11.3 Å². The van der Waals surface area contributed by atoms with Gasteiger partial charge in [0.2, 0.25) is 0 Å². The molecule has 7 nitrogen and oxygen atoms in total. The van der Waals surface area contributed by atoms with E-state index < -0.39 is 0 Å². The normalized spacial score (nSPS) is 13.8. The van der Waals surface area contributed by atoms with E-state index in [1.807, 2.05) is 24.3 Å². The molecule has 0 amide bonds. The van der Waals surface area contributed by atoms with Crippen LogP contribution in [0.1, 0.15) is 16.0 Å². The molecule has 0 spiro atoms. The summed E-state index contributed by atoms with van der Waals surface area (Å²) in [6.45, 7) is 2.17. The summed E-state index contributed by atoms with van der Waals surface area (Å²) in [5.41, 5.74) is 3.10. The van der Waals surface area contributed by atoms with Crippen molar-refractivity contribution in [3.8, 4) is 5.69 Å². The van der Waals surface area contributed by atoms with Crippen LogP contribution in [0.15, 0.2) is 48.0 Å². The first kappa shape index (κ1) is 15.4. The van der Waals surface area contributed by atoms with E-state index in [1.165, 1.54) is 16.8 Å². The highest BCUT2D eigenvalue weighted by Gasteiger charge is 2.20. The van der Waals surface area contributed by atoms with Crippen LogP contribution in [0, 0.1) is 0 Å². The van der Waals surface area contributed by atoms with Crippen LogP contribution in [0.3, 0.4) is 0 Å². The van der Waals surface area contributed by atoms with Crippen molar-refractivity contribution in [1.82, 2.24) is 29.6 Å². The molecule has 4 heterocycles. The number of nitrogens with one attached hydrogen (secondary N) is 1. The molecule has 0 bridgehead atoms. The topological polar surface area (TPSA) is 77.6 Å². The van der Waals surface area contributed by atoms with E-state index in [2.05, 4.69) is 20.4 Å². The SMILES string of the molecule is O=c1c2c3c(sc2ncn1Cc1ccccc1-n1cncn1)CNCC3. The maximum Gasteiger partial charge on any atom is 0.262 e. The van der Waals surface area contributed by atoms with Crippen LogP contribution in [0.5, 0.6) is 0 Å². The summed E-state index contributed by atoms with van der Waals surface area (Å²) >= 11 is 1.62. The highest BCUT2D eigenvalue weighted by atomic mass is 32.1. The molecule has 4 aromatic rings. The first-order valence-corrected chi connectivity index (χ1v) is 9.26. The molecule has 26 heavy (non-hydrogen) atoms. The summed E-state index contributed by atoms with van der Waals surface area (Å²) in [6, 6.07) is 7.89. The zero-order chi connectivity index (χ0) is 17.5. The van der Waals surface area contributed by atoms with E-state index in [1.54, 1.807) is 33.2 Å². The molecule has 1 aromatic carbocycles. The molecule has 1 N–H and O–H groups in total. The van der Waals surface area contributed by atoms with Crippen molar-refractivity contribution >= 4 is 21.6 Å². The van der Waals surface area contributed by atoms with Crippen LogP contribution in [-0.2, 0) is 19.5 Å². The zero-order valence-electron chi connectivity index (χ0n) is 13.9. The van der Waals surface area contributed by atoms with Gasteiger partial charge in [0.15, 0.2) is 0 Å². The van der Waals surface area contributed by atoms with Crippen LogP contribution in [0.4, 0.5) is 0 Å². The predicted octanol–water partition coefficient (Wildman–Crippen LogP) is 1.73. The van der Waals surface area contributed by atoms with Crippen molar-refractivity contribution in [1.29, 1.82) is 0 Å². The molecular formula is C18H16N6OS. The van der Waals surface area contributed by atoms with Gasteiger partial charge in [-0.05, 0) is 30.2 Å². The monoisotopic (exact) mass is 364 g/mol. The summed E-state index contributed by atoms with van der Waals surface area (Å²) in [4.78, 5) is 23.8. The third-order valence-electron chi connectivity index (χ3n) is 4.70. The van der Waals surface area contributed by atoms with Gasteiger partial charge in [0.1, 0.15) is 17.5 Å². The van der Waals surface area contributed by atoms with Gasteiger partial charge in [-0.1, -0.05) is 18.2 Å². The second kappa shape index (κ2) is 6.15. The minimum Gasteiger partial charge on any atom is -0.312 e. The lowest BCUT2D eigenvalue weighted by atomic mass is 10.1. The predicted molar refractivity (Wildman–Crippen MR) is 99.8 cm³/mol. The molecule has 0 fully saturated rings. The molecule has 130 valence electrons. The fraction of sp³-hybridized carbons (Fsp3) is 0.222. The summed E-state index contributed by atoms with van der Waals surface area (Å²) in [5, 5.41) is 8.35. The minimum atomic E-state index is 0.0304. The van der Waals surface area contributed by atoms with E-state index in [9.17, 15) is 4.79 Å². The van der Waals surface area contributed by atoms with Gasteiger partial charge < -0.3 is 5.32 Å². The Bertz CT molecular complexity index is 1140. The van der Waals surface area contributed by atoms with Crippen molar-refractivity contribution in [2.45, 2.75) is 19.5 Å². The number of hydrogen-bond acceptors (Lipinski definition) is 6. The Morgan fingerprint density at radius 1 is 1.23 bits per heavy atom. The molecule has 0 aliphatic carbocycles. The summed E-state index contributed by atoms with van der Waals surface area (Å²) < 4.78 is 3.40. The maximum absolute atomic E-state index is 13.1.